The second kappa shape index (κ2) is 7.71. The summed E-state index contributed by atoms with van der Waals surface area (Å²) in [7, 11) is 0. The van der Waals surface area contributed by atoms with Gasteiger partial charge in [-0.1, -0.05) is 17.7 Å². The Morgan fingerprint density at radius 2 is 2.30 bits per heavy atom. The fourth-order valence-corrected chi connectivity index (χ4v) is 3.00. The molecular weight excluding hydrogens is 347 g/mol. The molecule has 0 saturated carbocycles. The van der Waals surface area contributed by atoms with Gasteiger partial charge in [-0.2, -0.15) is 0 Å². The number of hydrazine groups is 1. The lowest BCUT2D eigenvalue weighted by Gasteiger charge is -2.25. The molecule has 1 aromatic rings. The maximum atomic E-state index is 14.2. The van der Waals surface area contributed by atoms with Gasteiger partial charge in [-0.15, -0.1) is 0 Å². The highest BCUT2D eigenvalue weighted by Crippen LogP contribution is 2.32. The Hall–Kier alpha value is -0.200. The van der Waals surface area contributed by atoms with Crippen LogP contribution in [0.2, 0.25) is 5.02 Å². The molecule has 1 aromatic carbocycles. The van der Waals surface area contributed by atoms with Crippen molar-refractivity contribution in [2.45, 2.75) is 44.2 Å². The normalized spacial score (nSPS) is 20.9. The molecule has 0 aliphatic carbocycles. The van der Waals surface area contributed by atoms with Crippen molar-refractivity contribution in [1.82, 2.24) is 5.43 Å². The zero-order valence-corrected chi connectivity index (χ0v) is 13.5. The number of rotatable bonds is 5. The summed E-state index contributed by atoms with van der Waals surface area (Å²) in [5.74, 6) is 5.14. The van der Waals surface area contributed by atoms with Crippen molar-refractivity contribution in [3.05, 3.63) is 33.0 Å². The minimum atomic E-state index is -0.423. The van der Waals surface area contributed by atoms with Gasteiger partial charge in [0.2, 0.25) is 0 Å². The van der Waals surface area contributed by atoms with Crippen LogP contribution >= 0.6 is 27.5 Å². The maximum absolute atomic E-state index is 14.2. The molecule has 2 atom stereocenters. The van der Waals surface area contributed by atoms with Gasteiger partial charge in [0, 0.05) is 22.7 Å². The Morgan fingerprint density at radius 3 is 2.95 bits per heavy atom. The van der Waals surface area contributed by atoms with Gasteiger partial charge in [0.05, 0.1) is 11.1 Å². The Balaban J connectivity index is 2.02. The van der Waals surface area contributed by atoms with E-state index >= 15 is 0 Å². The second-order valence-corrected chi connectivity index (χ2v) is 6.28. The van der Waals surface area contributed by atoms with Crippen LogP contribution in [0.5, 0.6) is 0 Å². The first-order valence-electron chi connectivity index (χ1n) is 6.84. The fraction of sp³-hybridized carbons (Fsp3) is 0.571. The molecule has 112 valence electrons. The van der Waals surface area contributed by atoms with Crippen LogP contribution in [0.3, 0.4) is 0 Å². The number of ether oxygens (including phenoxy) is 1. The van der Waals surface area contributed by atoms with E-state index < -0.39 is 5.82 Å². The first-order valence-corrected chi connectivity index (χ1v) is 8.01. The molecule has 0 radical (unpaired) electrons. The molecule has 20 heavy (non-hydrogen) atoms. The molecule has 1 heterocycles. The lowest BCUT2D eigenvalue weighted by atomic mass is 9.97. The number of nitrogens with two attached hydrogens (primary N) is 1. The van der Waals surface area contributed by atoms with E-state index in [0.29, 0.717) is 10.0 Å². The van der Waals surface area contributed by atoms with Crippen molar-refractivity contribution in [2.75, 3.05) is 6.61 Å². The summed E-state index contributed by atoms with van der Waals surface area (Å²) in [6.07, 6.45) is 5.24. The zero-order valence-electron chi connectivity index (χ0n) is 11.2. The number of benzene rings is 1. The SMILES string of the molecule is NNC(CCC1CCCCO1)c1ccc(Br)c(Cl)c1F. The predicted octanol–water partition coefficient (Wildman–Crippen LogP) is 4.10. The summed E-state index contributed by atoms with van der Waals surface area (Å²) >= 11 is 9.13. The molecule has 2 unspecified atom stereocenters. The third-order valence-corrected chi connectivity index (χ3v) is 4.95. The molecule has 1 saturated heterocycles. The van der Waals surface area contributed by atoms with Gasteiger partial charge in [-0.3, -0.25) is 11.3 Å². The summed E-state index contributed by atoms with van der Waals surface area (Å²) in [5, 5.41) is 0.0941. The van der Waals surface area contributed by atoms with Crippen LogP contribution in [0.1, 0.15) is 43.7 Å². The smallest absolute Gasteiger partial charge is 0.147 e. The standard InChI is InChI=1S/C14H19BrClFN2O/c15-11-6-5-10(14(17)13(11)16)12(19-18)7-4-9-3-1-2-8-20-9/h5-6,9,12,19H,1-4,7-8,18H2. The molecule has 1 aliphatic heterocycles. The van der Waals surface area contributed by atoms with Gasteiger partial charge in [-0.25, -0.2) is 4.39 Å². The average Bonchev–Trinajstić information content (AvgIpc) is 2.48. The maximum Gasteiger partial charge on any atom is 0.147 e. The van der Waals surface area contributed by atoms with Crippen molar-refractivity contribution in [3.8, 4) is 0 Å². The highest BCUT2D eigenvalue weighted by molar-refractivity contribution is 9.10. The molecule has 0 amide bonds. The Kier molecular flexibility index (Phi) is 6.23. The van der Waals surface area contributed by atoms with Crippen LogP contribution < -0.4 is 11.3 Å². The van der Waals surface area contributed by atoms with Gasteiger partial charge >= 0.3 is 0 Å². The van der Waals surface area contributed by atoms with Crippen LogP contribution in [0.15, 0.2) is 16.6 Å². The summed E-state index contributed by atoms with van der Waals surface area (Å²) in [4.78, 5) is 0. The fourth-order valence-electron chi connectivity index (χ4n) is 2.53. The number of hydrogen-bond donors (Lipinski definition) is 2. The van der Waals surface area contributed by atoms with Crippen LogP contribution in [0.4, 0.5) is 4.39 Å². The first kappa shape index (κ1) is 16.2. The van der Waals surface area contributed by atoms with E-state index in [-0.39, 0.29) is 17.2 Å². The van der Waals surface area contributed by atoms with Crippen molar-refractivity contribution in [1.29, 1.82) is 0 Å². The molecule has 3 nitrogen and oxygen atoms in total. The minimum absolute atomic E-state index is 0.0941. The lowest BCUT2D eigenvalue weighted by Crippen LogP contribution is -2.30. The monoisotopic (exact) mass is 364 g/mol. The van der Waals surface area contributed by atoms with Crippen molar-refractivity contribution in [3.63, 3.8) is 0 Å². The Morgan fingerprint density at radius 1 is 1.50 bits per heavy atom. The van der Waals surface area contributed by atoms with Gasteiger partial charge in [0.1, 0.15) is 5.82 Å². The van der Waals surface area contributed by atoms with Crippen molar-refractivity contribution < 1.29 is 9.13 Å². The van der Waals surface area contributed by atoms with E-state index in [1.807, 2.05) is 0 Å². The third kappa shape index (κ3) is 3.92. The molecule has 0 spiro atoms. The summed E-state index contributed by atoms with van der Waals surface area (Å²) < 4.78 is 20.4. The van der Waals surface area contributed by atoms with E-state index in [0.717, 1.165) is 32.3 Å². The Bertz CT molecular complexity index is 455. The Labute approximate surface area is 132 Å². The molecule has 0 aromatic heterocycles. The van der Waals surface area contributed by atoms with E-state index in [1.54, 1.807) is 12.1 Å². The van der Waals surface area contributed by atoms with Crippen molar-refractivity contribution in [2.24, 2.45) is 5.84 Å². The van der Waals surface area contributed by atoms with E-state index in [4.69, 9.17) is 22.2 Å². The third-order valence-electron chi connectivity index (χ3n) is 3.69. The number of hydrogen-bond acceptors (Lipinski definition) is 3. The predicted molar refractivity (Wildman–Crippen MR) is 82.0 cm³/mol. The molecule has 6 heteroatoms. The van der Waals surface area contributed by atoms with Crippen LogP contribution in [-0.4, -0.2) is 12.7 Å². The lowest BCUT2D eigenvalue weighted by molar-refractivity contribution is 0.00849. The molecular formula is C14H19BrClFN2O. The largest absolute Gasteiger partial charge is 0.378 e. The summed E-state index contributed by atoms with van der Waals surface area (Å²) in [5.41, 5.74) is 3.17. The molecule has 3 N–H and O–H groups in total. The zero-order chi connectivity index (χ0) is 14.5. The van der Waals surface area contributed by atoms with E-state index in [9.17, 15) is 4.39 Å². The van der Waals surface area contributed by atoms with Gasteiger partial charge in [-0.05, 0) is 54.1 Å². The van der Waals surface area contributed by atoms with Gasteiger partial charge in [0.15, 0.2) is 0 Å². The summed E-state index contributed by atoms with van der Waals surface area (Å²) in [6, 6.07) is 3.19. The average molecular weight is 366 g/mol. The van der Waals surface area contributed by atoms with Crippen LogP contribution in [-0.2, 0) is 4.74 Å². The van der Waals surface area contributed by atoms with Crippen LogP contribution in [0, 0.1) is 5.82 Å². The second-order valence-electron chi connectivity index (χ2n) is 5.05. The molecule has 1 fully saturated rings. The quantitative estimate of drug-likeness (QED) is 0.469. The summed E-state index contributed by atoms with van der Waals surface area (Å²) in [6.45, 7) is 0.823. The van der Waals surface area contributed by atoms with E-state index in [2.05, 4.69) is 21.4 Å². The number of halogens is 3. The van der Waals surface area contributed by atoms with E-state index in [1.165, 1.54) is 6.42 Å². The topological polar surface area (TPSA) is 47.3 Å². The molecule has 2 rings (SSSR count). The van der Waals surface area contributed by atoms with Gasteiger partial charge < -0.3 is 4.74 Å². The minimum Gasteiger partial charge on any atom is -0.378 e. The van der Waals surface area contributed by atoms with Crippen molar-refractivity contribution >= 4 is 27.5 Å². The van der Waals surface area contributed by atoms with Crippen LogP contribution in [0.25, 0.3) is 0 Å². The highest BCUT2D eigenvalue weighted by Gasteiger charge is 2.21. The first-order chi connectivity index (χ1) is 9.63. The molecule has 1 aliphatic rings. The number of nitrogens with one attached hydrogen (secondary N) is 1. The highest BCUT2D eigenvalue weighted by atomic mass is 79.9. The molecule has 0 bridgehead atoms. The van der Waals surface area contributed by atoms with Gasteiger partial charge in [0.25, 0.3) is 0 Å².